The van der Waals surface area contributed by atoms with E-state index in [1.807, 2.05) is 22.4 Å². The lowest BCUT2D eigenvalue weighted by Crippen LogP contribution is -1.79. The number of aromatic nitrogens is 1. The number of hydrogen-bond donors (Lipinski definition) is 1. The Morgan fingerprint density at radius 2 is 2.36 bits per heavy atom. The fraction of sp³-hybridized carbons (Fsp3) is 0. The van der Waals surface area contributed by atoms with Crippen molar-refractivity contribution in [2.24, 2.45) is 0 Å². The van der Waals surface area contributed by atoms with E-state index < -0.39 is 0 Å². The fourth-order valence-electron chi connectivity index (χ4n) is 1.31. The first-order valence-corrected chi connectivity index (χ1v) is 6.07. The van der Waals surface area contributed by atoms with Crippen LogP contribution in [0.1, 0.15) is 10.4 Å². The van der Waals surface area contributed by atoms with Gasteiger partial charge in [-0.25, -0.2) is 0 Å². The number of thiophene rings is 1. The van der Waals surface area contributed by atoms with Gasteiger partial charge in [-0.15, -0.1) is 11.3 Å². The third-order valence-corrected chi connectivity index (χ3v) is 3.43. The Hall–Kier alpha value is -0.750. The number of nitrogens with one attached hydrogen (secondary N) is 1. The molecule has 0 aliphatic carbocycles. The third-order valence-electron chi connectivity index (χ3n) is 1.92. The first-order chi connectivity index (χ1) is 6.86. The monoisotopic (exact) mass is 314 g/mol. The van der Waals surface area contributed by atoms with E-state index in [0.717, 1.165) is 15.8 Å². The Kier molecular flexibility index (Phi) is 2.93. The molecule has 0 fully saturated rings. The average molecular weight is 314 g/mol. The van der Waals surface area contributed by atoms with E-state index >= 15 is 0 Å². The predicted octanol–water partition coefficient (Wildman–Crippen LogP) is 3.70. The summed E-state index contributed by atoms with van der Waals surface area (Å²) in [6, 6.07) is 1.98. The van der Waals surface area contributed by atoms with Crippen LogP contribution < -0.4 is 0 Å². The van der Waals surface area contributed by atoms with Crippen molar-refractivity contribution in [3.8, 4) is 0 Å². The van der Waals surface area contributed by atoms with Crippen LogP contribution >= 0.6 is 33.9 Å². The second-order valence-corrected chi connectivity index (χ2v) is 4.49. The molecule has 70 valence electrons. The minimum Gasteiger partial charge on any atom is -0.308 e. The zero-order chi connectivity index (χ0) is 9.97. The van der Waals surface area contributed by atoms with Crippen LogP contribution in [0.25, 0.3) is 16.2 Å². The van der Waals surface area contributed by atoms with Gasteiger partial charge in [0.2, 0.25) is 0 Å². The number of halogens is 1. The molecule has 0 saturated carbocycles. The SMILES string of the molecule is N=Cc1c(/C=C\I)sc2ccncc12. The fourth-order valence-corrected chi connectivity index (χ4v) is 2.97. The molecule has 0 unspecified atom stereocenters. The lowest BCUT2D eigenvalue weighted by atomic mass is 10.2. The van der Waals surface area contributed by atoms with Gasteiger partial charge < -0.3 is 5.41 Å². The normalized spacial score (nSPS) is 11.2. The summed E-state index contributed by atoms with van der Waals surface area (Å²) >= 11 is 3.87. The highest BCUT2D eigenvalue weighted by Gasteiger charge is 2.07. The molecule has 0 atom stereocenters. The highest BCUT2D eigenvalue weighted by molar-refractivity contribution is 14.1. The van der Waals surface area contributed by atoms with Crippen LogP contribution in [0.15, 0.2) is 22.5 Å². The molecule has 0 amide bonds. The quantitative estimate of drug-likeness (QED) is 0.666. The Morgan fingerprint density at radius 1 is 1.50 bits per heavy atom. The second kappa shape index (κ2) is 4.18. The van der Waals surface area contributed by atoms with Gasteiger partial charge in [-0.2, -0.15) is 0 Å². The van der Waals surface area contributed by atoms with Gasteiger partial charge >= 0.3 is 0 Å². The Morgan fingerprint density at radius 3 is 3.07 bits per heavy atom. The zero-order valence-corrected chi connectivity index (χ0v) is 10.2. The van der Waals surface area contributed by atoms with Crippen LogP contribution in [0, 0.1) is 5.41 Å². The molecule has 1 N–H and O–H groups in total. The van der Waals surface area contributed by atoms with Crippen LogP contribution in [0.3, 0.4) is 0 Å². The van der Waals surface area contributed by atoms with E-state index in [1.54, 1.807) is 17.5 Å². The van der Waals surface area contributed by atoms with Gasteiger partial charge in [0.1, 0.15) is 0 Å². The van der Waals surface area contributed by atoms with Crippen molar-refractivity contribution in [3.63, 3.8) is 0 Å². The predicted molar refractivity (Wildman–Crippen MR) is 70.6 cm³/mol. The first kappa shape index (κ1) is 9.79. The number of nitrogens with zero attached hydrogens (tertiary/aromatic N) is 1. The molecule has 0 radical (unpaired) electrons. The summed E-state index contributed by atoms with van der Waals surface area (Å²) in [6.07, 6.45) is 7.01. The molecule has 4 heteroatoms. The Balaban J connectivity index is 2.78. The molecule has 2 nitrogen and oxygen atoms in total. The summed E-state index contributed by atoms with van der Waals surface area (Å²) in [5, 5.41) is 8.45. The van der Waals surface area contributed by atoms with E-state index in [1.165, 1.54) is 10.9 Å². The van der Waals surface area contributed by atoms with Crippen LogP contribution in [0.5, 0.6) is 0 Å². The summed E-state index contributed by atoms with van der Waals surface area (Å²) in [4.78, 5) is 5.19. The molecule has 2 aromatic heterocycles. The smallest absolute Gasteiger partial charge is 0.0386 e. The minimum atomic E-state index is 0.964. The number of pyridine rings is 1. The van der Waals surface area contributed by atoms with Gasteiger partial charge in [-0.1, -0.05) is 22.6 Å². The number of rotatable bonds is 2. The van der Waals surface area contributed by atoms with Gasteiger partial charge in [-0.05, 0) is 16.2 Å². The zero-order valence-electron chi connectivity index (χ0n) is 7.20. The lowest BCUT2D eigenvalue weighted by Gasteiger charge is -1.89. The van der Waals surface area contributed by atoms with Crippen molar-refractivity contribution >= 4 is 56.3 Å². The minimum absolute atomic E-state index is 0.964. The van der Waals surface area contributed by atoms with E-state index in [0.29, 0.717) is 0 Å². The summed E-state index contributed by atoms with van der Waals surface area (Å²) < 4.78 is 3.14. The molecule has 2 rings (SSSR count). The van der Waals surface area contributed by atoms with Gasteiger partial charge in [0.25, 0.3) is 0 Å². The van der Waals surface area contributed by atoms with Gasteiger partial charge in [-0.3, -0.25) is 4.98 Å². The molecule has 0 bridgehead atoms. The molecule has 2 aromatic rings. The van der Waals surface area contributed by atoms with E-state index in [9.17, 15) is 0 Å². The van der Waals surface area contributed by atoms with Gasteiger partial charge in [0.15, 0.2) is 0 Å². The standard InChI is InChI=1S/C10H7IN2S/c11-3-1-9-7(5-12)8-6-13-4-2-10(8)14-9/h1-6,12H/b3-1-,12-5?. The van der Waals surface area contributed by atoms with Crippen LogP contribution in [-0.2, 0) is 0 Å². The number of hydrogen-bond acceptors (Lipinski definition) is 3. The Bertz CT molecular complexity index is 502. The van der Waals surface area contributed by atoms with Gasteiger partial charge in [0, 0.05) is 39.1 Å². The van der Waals surface area contributed by atoms with E-state index in [4.69, 9.17) is 5.41 Å². The highest BCUT2D eigenvalue weighted by atomic mass is 127. The molecule has 0 saturated heterocycles. The van der Waals surface area contributed by atoms with Crippen LogP contribution in [0.2, 0.25) is 0 Å². The van der Waals surface area contributed by atoms with Crippen LogP contribution in [-0.4, -0.2) is 11.2 Å². The molecule has 0 aliphatic heterocycles. The van der Waals surface area contributed by atoms with Crippen LogP contribution in [0.4, 0.5) is 0 Å². The van der Waals surface area contributed by atoms with Crippen molar-refractivity contribution in [3.05, 3.63) is 33.0 Å². The topological polar surface area (TPSA) is 36.7 Å². The molecule has 0 aliphatic rings. The summed E-state index contributed by atoms with van der Waals surface area (Å²) in [6.45, 7) is 0. The van der Waals surface area contributed by atoms with Crippen molar-refractivity contribution in [2.75, 3.05) is 0 Å². The van der Waals surface area contributed by atoms with Crippen molar-refractivity contribution in [2.45, 2.75) is 0 Å². The number of fused-ring (bicyclic) bond motifs is 1. The highest BCUT2D eigenvalue weighted by Crippen LogP contribution is 2.30. The Labute approximate surface area is 99.3 Å². The van der Waals surface area contributed by atoms with Crippen molar-refractivity contribution in [1.29, 1.82) is 5.41 Å². The molecule has 0 aromatic carbocycles. The maximum Gasteiger partial charge on any atom is 0.0386 e. The largest absolute Gasteiger partial charge is 0.308 e. The second-order valence-electron chi connectivity index (χ2n) is 2.69. The third kappa shape index (κ3) is 1.59. The lowest BCUT2D eigenvalue weighted by molar-refractivity contribution is 1.37. The molecule has 0 spiro atoms. The maximum absolute atomic E-state index is 7.38. The van der Waals surface area contributed by atoms with Crippen molar-refractivity contribution in [1.82, 2.24) is 4.98 Å². The van der Waals surface area contributed by atoms with Crippen molar-refractivity contribution < 1.29 is 0 Å². The summed E-state index contributed by atoms with van der Waals surface area (Å²) in [5.74, 6) is 0. The molecular weight excluding hydrogens is 307 g/mol. The van der Waals surface area contributed by atoms with E-state index in [2.05, 4.69) is 27.6 Å². The van der Waals surface area contributed by atoms with Gasteiger partial charge in [0.05, 0.1) is 0 Å². The summed E-state index contributed by atoms with van der Waals surface area (Å²) in [5.41, 5.74) is 0.964. The average Bonchev–Trinajstić information content (AvgIpc) is 2.55. The van der Waals surface area contributed by atoms with E-state index in [-0.39, 0.29) is 0 Å². The summed E-state index contributed by atoms with van der Waals surface area (Å²) in [7, 11) is 0. The molecular formula is C10H7IN2S. The first-order valence-electron chi connectivity index (χ1n) is 4.00. The molecule has 14 heavy (non-hydrogen) atoms. The molecule has 2 heterocycles. The maximum atomic E-state index is 7.38.